The molecule has 0 saturated heterocycles. The Hall–Kier alpha value is -1.86. The van der Waals surface area contributed by atoms with E-state index in [1.54, 1.807) is 19.1 Å². The number of hydrogen-bond acceptors (Lipinski definition) is 2. The van der Waals surface area contributed by atoms with Crippen LogP contribution in [0.2, 0.25) is 5.15 Å². The number of hydrogen-bond donors (Lipinski definition) is 0. The van der Waals surface area contributed by atoms with Gasteiger partial charge in [-0.15, -0.1) is 0 Å². The van der Waals surface area contributed by atoms with Crippen LogP contribution in [0.25, 0.3) is 5.69 Å². The molecule has 80 valence electrons. The Morgan fingerprint density at radius 2 is 2.25 bits per heavy atom. The molecule has 0 amide bonds. The molecule has 0 unspecified atom stereocenters. The van der Waals surface area contributed by atoms with Crippen LogP contribution >= 0.6 is 11.6 Å². The average molecular weight is 236 g/mol. The lowest BCUT2D eigenvalue weighted by Crippen LogP contribution is -1.97. The van der Waals surface area contributed by atoms with E-state index in [1.165, 1.54) is 16.8 Å². The van der Waals surface area contributed by atoms with Gasteiger partial charge >= 0.3 is 0 Å². The van der Waals surface area contributed by atoms with Gasteiger partial charge in [0.2, 0.25) is 0 Å². The van der Waals surface area contributed by atoms with Gasteiger partial charge in [0.05, 0.1) is 11.4 Å². The van der Waals surface area contributed by atoms with Crippen LogP contribution in [-0.4, -0.2) is 9.78 Å². The molecule has 1 aromatic carbocycles. The smallest absolute Gasteiger partial charge is 0.150 e. The lowest BCUT2D eigenvalue weighted by Gasteiger charge is -2.02. The summed E-state index contributed by atoms with van der Waals surface area (Å²) in [5, 5.41) is 13.1. The number of aromatic nitrogens is 2. The first kappa shape index (κ1) is 10.7. The third-order valence-corrected chi connectivity index (χ3v) is 2.52. The summed E-state index contributed by atoms with van der Waals surface area (Å²) in [6, 6.07) is 7.83. The summed E-state index contributed by atoms with van der Waals surface area (Å²) in [5.41, 5.74) is 1.33. The van der Waals surface area contributed by atoms with Gasteiger partial charge in [-0.25, -0.2) is 9.07 Å². The van der Waals surface area contributed by atoms with E-state index in [0.717, 1.165) is 0 Å². The number of nitriles is 1. The third kappa shape index (κ3) is 1.66. The highest BCUT2D eigenvalue weighted by molar-refractivity contribution is 6.31. The zero-order valence-corrected chi connectivity index (χ0v) is 9.16. The van der Waals surface area contributed by atoms with Crippen molar-refractivity contribution in [2.75, 3.05) is 0 Å². The minimum atomic E-state index is -0.375. The highest BCUT2D eigenvalue weighted by atomic mass is 35.5. The van der Waals surface area contributed by atoms with Crippen LogP contribution in [0.1, 0.15) is 11.3 Å². The molecule has 0 N–H and O–H groups in total. The number of rotatable bonds is 1. The van der Waals surface area contributed by atoms with E-state index in [4.69, 9.17) is 16.9 Å². The van der Waals surface area contributed by atoms with Crippen LogP contribution in [0.3, 0.4) is 0 Å². The van der Waals surface area contributed by atoms with E-state index in [0.29, 0.717) is 16.9 Å². The minimum Gasteiger partial charge on any atom is -0.220 e. The molecule has 0 atom stereocenters. The van der Waals surface area contributed by atoms with Crippen LogP contribution in [0.15, 0.2) is 24.3 Å². The predicted octanol–water partition coefficient (Wildman–Crippen LogP) is 2.84. The maximum Gasteiger partial charge on any atom is 0.150 e. The second-order valence-electron chi connectivity index (χ2n) is 3.25. The van der Waals surface area contributed by atoms with Crippen LogP contribution in [0, 0.1) is 24.1 Å². The number of halogens is 2. The highest BCUT2D eigenvalue weighted by Gasteiger charge is 2.14. The Balaban J connectivity index is 2.62. The summed E-state index contributed by atoms with van der Waals surface area (Å²) in [5.74, 6) is -0.375. The summed E-state index contributed by atoms with van der Waals surface area (Å²) < 4.78 is 14.4. The fraction of sp³-hybridized carbons (Fsp3) is 0.0909. The topological polar surface area (TPSA) is 41.6 Å². The zero-order valence-electron chi connectivity index (χ0n) is 8.41. The fourth-order valence-corrected chi connectivity index (χ4v) is 1.72. The van der Waals surface area contributed by atoms with Gasteiger partial charge in [0.15, 0.2) is 5.15 Å². The monoisotopic (exact) mass is 235 g/mol. The lowest BCUT2D eigenvalue weighted by atomic mass is 10.3. The van der Waals surface area contributed by atoms with Crippen molar-refractivity contribution in [1.29, 1.82) is 5.26 Å². The molecule has 16 heavy (non-hydrogen) atoms. The highest BCUT2D eigenvalue weighted by Crippen LogP contribution is 2.22. The first-order valence-electron chi connectivity index (χ1n) is 4.54. The zero-order chi connectivity index (χ0) is 11.7. The van der Waals surface area contributed by atoms with Gasteiger partial charge < -0.3 is 0 Å². The van der Waals surface area contributed by atoms with E-state index in [2.05, 4.69) is 5.10 Å². The third-order valence-electron chi connectivity index (χ3n) is 2.17. The molecule has 0 saturated carbocycles. The SMILES string of the molecule is Cc1nn(-c2cccc(F)c2)c(Cl)c1C#N. The first-order valence-corrected chi connectivity index (χ1v) is 4.92. The van der Waals surface area contributed by atoms with Gasteiger partial charge in [0.1, 0.15) is 17.4 Å². The molecule has 2 aromatic rings. The molecule has 0 aliphatic heterocycles. The summed E-state index contributed by atoms with van der Waals surface area (Å²) in [7, 11) is 0. The van der Waals surface area contributed by atoms with Crippen molar-refractivity contribution in [1.82, 2.24) is 9.78 Å². The molecule has 3 nitrogen and oxygen atoms in total. The van der Waals surface area contributed by atoms with Gasteiger partial charge in [-0.3, -0.25) is 0 Å². The first-order chi connectivity index (χ1) is 7.63. The summed E-state index contributed by atoms with van der Waals surface area (Å²) in [6.07, 6.45) is 0. The molecule has 5 heteroatoms. The Bertz CT molecular complexity index is 583. The second-order valence-corrected chi connectivity index (χ2v) is 3.61. The lowest BCUT2D eigenvalue weighted by molar-refractivity contribution is 0.625. The van der Waals surface area contributed by atoms with Gasteiger partial charge in [0, 0.05) is 0 Å². The van der Waals surface area contributed by atoms with Crippen LogP contribution in [-0.2, 0) is 0 Å². The molecule has 1 heterocycles. The second kappa shape index (κ2) is 3.95. The van der Waals surface area contributed by atoms with Crippen molar-refractivity contribution in [3.8, 4) is 11.8 Å². The molecular weight excluding hydrogens is 229 g/mol. The van der Waals surface area contributed by atoms with Crippen molar-refractivity contribution in [2.24, 2.45) is 0 Å². The molecular formula is C11H7ClFN3. The van der Waals surface area contributed by atoms with Crippen molar-refractivity contribution >= 4 is 11.6 Å². The van der Waals surface area contributed by atoms with E-state index in [-0.39, 0.29) is 11.0 Å². The van der Waals surface area contributed by atoms with Crippen molar-refractivity contribution in [3.05, 3.63) is 46.5 Å². The Kier molecular flexibility index (Phi) is 2.63. The maximum absolute atomic E-state index is 13.0. The van der Waals surface area contributed by atoms with Gasteiger partial charge in [0.25, 0.3) is 0 Å². The Morgan fingerprint density at radius 3 is 2.81 bits per heavy atom. The molecule has 2 rings (SSSR count). The van der Waals surface area contributed by atoms with Crippen molar-refractivity contribution in [3.63, 3.8) is 0 Å². The normalized spacial score (nSPS) is 10.1. The number of nitrogens with zero attached hydrogens (tertiary/aromatic N) is 3. The molecule has 0 aliphatic carbocycles. The quantitative estimate of drug-likeness (QED) is 0.763. The number of aryl methyl sites for hydroxylation is 1. The maximum atomic E-state index is 13.0. The summed E-state index contributed by atoms with van der Waals surface area (Å²) in [6.45, 7) is 1.68. The molecule has 1 aromatic heterocycles. The number of benzene rings is 1. The standard InChI is InChI=1S/C11H7ClFN3/c1-7-10(6-14)11(12)16(15-7)9-4-2-3-8(13)5-9/h2-5H,1H3. The van der Waals surface area contributed by atoms with Gasteiger partial charge in [-0.2, -0.15) is 10.4 Å². The molecule has 0 fully saturated rings. The van der Waals surface area contributed by atoms with E-state index >= 15 is 0 Å². The van der Waals surface area contributed by atoms with Crippen molar-refractivity contribution < 1.29 is 4.39 Å². The predicted molar refractivity (Wildman–Crippen MR) is 58.0 cm³/mol. The largest absolute Gasteiger partial charge is 0.220 e. The fourth-order valence-electron chi connectivity index (χ4n) is 1.41. The Labute approximate surface area is 96.7 Å². The van der Waals surface area contributed by atoms with Gasteiger partial charge in [-0.1, -0.05) is 17.7 Å². The molecule has 0 aliphatic rings. The molecule has 0 bridgehead atoms. The van der Waals surface area contributed by atoms with Crippen LogP contribution < -0.4 is 0 Å². The van der Waals surface area contributed by atoms with Crippen LogP contribution in [0.4, 0.5) is 4.39 Å². The summed E-state index contributed by atoms with van der Waals surface area (Å²) >= 11 is 5.97. The van der Waals surface area contributed by atoms with E-state index in [9.17, 15) is 4.39 Å². The average Bonchev–Trinajstić information content (AvgIpc) is 2.54. The van der Waals surface area contributed by atoms with Gasteiger partial charge in [-0.05, 0) is 25.1 Å². The molecule has 0 spiro atoms. The Morgan fingerprint density at radius 1 is 1.50 bits per heavy atom. The van der Waals surface area contributed by atoms with Crippen LogP contribution in [0.5, 0.6) is 0 Å². The van der Waals surface area contributed by atoms with Crippen molar-refractivity contribution in [2.45, 2.75) is 6.92 Å². The van der Waals surface area contributed by atoms with E-state index in [1.807, 2.05) is 6.07 Å². The summed E-state index contributed by atoms with van der Waals surface area (Å²) in [4.78, 5) is 0. The minimum absolute atomic E-state index is 0.200. The molecule has 0 radical (unpaired) electrons. The van der Waals surface area contributed by atoms with E-state index < -0.39 is 0 Å².